The number of carbonyl (C=O) groups is 1. The van der Waals surface area contributed by atoms with Gasteiger partial charge in [0.1, 0.15) is 5.82 Å². The lowest BCUT2D eigenvalue weighted by Crippen LogP contribution is -2.32. The van der Waals surface area contributed by atoms with Crippen LogP contribution in [0, 0.1) is 5.82 Å². The van der Waals surface area contributed by atoms with E-state index in [9.17, 15) is 9.18 Å². The number of halogens is 1. The maximum atomic E-state index is 13.7. The van der Waals surface area contributed by atoms with Crippen LogP contribution in [0.15, 0.2) is 18.2 Å². The van der Waals surface area contributed by atoms with E-state index in [0.29, 0.717) is 17.3 Å². The number of para-hydroxylation sites is 1. The summed E-state index contributed by atoms with van der Waals surface area (Å²) in [4.78, 5) is 12.8. The quantitative estimate of drug-likeness (QED) is 0.756. The van der Waals surface area contributed by atoms with Gasteiger partial charge in [-0.2, -0.15) is 11.8 Å². The van der Waals surface area contributed by atoms with Gasteiger partial charge in [-0.15, -0.1) is 0 Å². The summed E-state index contributed by atoms with van der Waals surface area (Å²) < 4.78 is 13.7. The molecule has 16 heavy (non-hydrogen) atoms. The second-order valence-electron chi connectivity index (χ2n) is 3.92. The van der Waals surface area contributed by atoms with Crippen LogP contribution in [0.25, 0.3) is 0 Å². The van der Waals surface area contributed by atoms with Gasteiger partial charge in [0, 0.05) is 24.4 Å². The number of hydrogen-bond acceptors (Lipinski definition) is 3. The van der Waals surface area contributed by atoms with Crippen molar-refractivity contribution in [3.8, 4) is 0 Å². The molecule has 2 rings (SSSR count). The molecular formula is C12H14FNOS. The van der Waals surface area contributed by atoms with Gasteiger partial charge in [0.15, 0.2) is 6.29 Å². The number of benzene rings is 1. The van der Waals surface area contributed by atoms with E-state index in [1.807, 2.05) is 23.7 Å². The first-order valence-corrected chi connectivity index (χ1v) is 6.43. The highest BCUT2D eigenvalue weighted by Gasteiger charge is 2.23. The zero-order valence-corrected chi connectivity index (χ0v) is 9.97. The summed E-state index contributed by atoms with van der Waals surface area (Å²) in [5.74, 6) is 1.80. The van der Waals surface area contributed by atoms with Crippen LogP contribution in [-0.2, 0) is 0 Å². The number of aldehydes is 1. The molecule has 1 saturated heterocycles. The maximum absolute atomic E-state index is 13.7. The summed E-state index contributed by atoms with van der Waals surface area (Å²) in [6.45, 7) is 0. The molecule has 1 atom stereocenters. The molecule has 1 heterocycles. The van der Waals surface area contributed by atoms with E-state index in [1.165, 1.54) is 6.07 Å². The highest BCUT2D eigenvalue weighted by Crippen LogP contribution is 2.29. The highest BCUT2D eigenvalue weighted by molar-refractivity contribution is 7.99. The van der Waals surface area contributed by atoms with Crippen molar-refractivity contribution in [1.82, 2.24) is 0 Å². The Labute approximate surface area is 98.8 Å². The van der Waals surface area contributed by atoms with Crippen molar-refractivity contribution >= 4 is 23.7 Å². The zero-order valence-electron chi connectivity index (χ0n) is 9.15. The van der Waals surface area contributed by atoms with Gasteiger partial charge < -0.3 is 4.90 Å². The second-order valence-corrected chi connectivity index (χ2v) is 5.07. The van der Waals surface area contributed by atoms with Crippen molar-refractivity contribution in [1.29, 1.82) is 0 Å². The minimum Gasteiger partial charge on any atom is -0.368 e. The molecule has 0 radical (unpaired) electrons. The van der Waals surface area contributed by atoms with Crippen molar-refractivity contribution in [2.24, 2.45) is 0 Å². The third-order valence-electron chi connectivity index (χ3n) is 2.95. The fourth-order valence-corrected chi connectivity index (χ4v) is 3.28. The standard InChI is InChI=1S/C12H14FNOS/c1-14(10-5-6-16-8-10)12-9(7-15)3-2-4-11(12)13/h2-4,7,10H,5-6,8H2,1H3. The van der Waals surface area contributed by atoms with Gasteiger partial charge in [0.25, 0.3) is 0 Å². The predicted octanol–water partition coefficient (Wildman–Crippen LogP) is 2.58. The molecular weight excluding hydrogens is 225 g/mol. The Morgan fingerprint density at radius 1 is 1.56 bits per heavy atom. The van der Waals surface area contributed by atoms with E-state index in [-0.39, 0.29) is 5.82 Å². The molecule has 0 aromatic heterocycles. The molecule has 1 aromatic carbocycles. The first-order chi connectivity index (χ1) is 7.74. The lowest BCUT2D eigenvalue weighted by molar-refractivity contribution is 0.112. The van der Waals surface area contributed by atoms with Gasteiger partial charge in [-0.3, -0.25) is 4.79 Å². The van der Waals surface area contributed by atoms with Crippen molar-refractivity contribution in [3.63, 3.8) is 0 Å². The van der Waals surface area contributed by atoms with Crippen molar-refractivity contribution < 1.29 is 9.18 Å². The van der Waals surface area contributed by atoms with Crippen LogP contribution in [0.4, 0.5) is 10.1 Å². The van der Waals surface area contributed by atoms with Crippen LogP contribution in [0.5, 0.6) is 0 Å². The monoisotopic (exact) mass is 239 g/mol. The van der Waals surface area contributed by atoms with Crippen LogP contribution in [0.1, 0.15) is 16.8 Å². The van der Waals surface area contributed by atoms with Crippen molar-refractivity contribution in [3.05, 3.63) is 29.6 Å². The largest absolute Gasteiger partial charge is 0.368 e. The SMILES string of the molecule is CN(c1c(F)cccc1C=O)C1CCSC1. The Morgan fingerprint density at radius 2 is 2.38 bits per heavy atom. The number of carbonyl (C=O) groups excluding carboxylic acids is 1. The fraction of sp³-hybridized carbons (Fsp3) is 0.417. The van der Waals surface area contributed by atoms with Crippen LogP contribution in [-0.4, -0.2) is 30.9 Å². The van der Waals surface area contributed by atoms with Crippen molar-refractivity contribution in [2.75, 3.05) is 23.5 Å². The molecule has 1 aromatic rings. The Hall–Kier alpha value is -1.03. The molecule has 0 saturated carbocycles. The summed E-state index contributed by atoms with van der Waals surface area (Å²) in [6, 6.07) is 4.96. The summed E-state index contributed by atoms with van der Waals surface area (Å²) >= 11 is 1.87. The maximum Gasteiger partial charge on any atom is 0.152 e. The summed E-state index contributed by atoms with van der Waals surface area (Å²) in [5, 5.41) is 0. The van der Waals surface area contributed by atoms with Crippen LogP contribution >= 0.6 is 11.8 Å². The average molecular weight is 239 g/mol. The molecule has 1 fully saturated rings. The van der Waals surface area contributed by atoms with Gasteiger partial charge in [0.2, 0.25) is 0 Å². The molecule has 0 bridgehead atoms. The first-order valence-electron chi connectivity index (χ1n) is 5.28. The Bertz CT molecular complexity index is 391. The molecule has 2 nitrogen and oxygen atoms in total. The Kier molecular flexibility index (Phi) is 3.49. The number of thioether (sulfide) groups is 1. The van der Waals surface area contributed by atoms with Gasteiger partial charge in [-0.05, 0) is 24.3 Å². The lowest BCUT2D eigenvalue weighted by Gasteiger charge is -2.27. The van der Waals surface area contributed by atoms with E-state index in [0.717, 1.165) is 24.2 Å². The number of anilines is 1. The molecule has 86 valence electrons. The molecule has 0 amide bonds. The third kappa shape index (κ3) is 2.07. The van der Waals surface area contributed by atoms with E-state index in [2.05, 4.69) is 0 Å². The van der Waals surface area contributed by atoms with E-state index in [4.69, 9.17) is 0 Å². The van der Waals surface area contributed by atoms with Crippen LogP contribution in [0.2, 0.25) is 0 Å². The third-order valence-corrected chi connectivity index (χ3v) is 4.10. The minimum absolute atomic E-state index is 0.316. The zero-order chi connectivity index (χ0) is 11.5. The van der Waals surface area contributed by atoms with E-state index < -0.39 is 0 Å². The Morgan fingerprint density at radius 3 is 3.00 bits per heavy atom. The second kappa shape index (κ2) is 4.87. The van der Waals surface area contributed by atoms with E-state index >= 15 is 0 Å². The topological polar surface area (TPSA) is 20.3 Å². The molecule has 0 aliphatic carbocycles. The van der Waals surface area contributed by atoms with E-state index in [1.54, 1.807) is 12.1 Å². The first kappa shape index (κ1) is 11.5. The predicted molar refractivity (Wildman–Crippen MR) is 65.9 cm³/mol. The molecule has 4 heteroatoms. The molecule has 1 aliphatic heterocycles. The molecule has 1 aliphatic rings. The van der Waals surface area contributed by atoms with Gasteiger partial charge in [0.05, 0.1) is 5.69 Å². The number of rotatable bonds is 3. The lowest BCUT2D eigenvalue weighted by atomic mass is 10.1. The fourth-order valence-electron chi connectivity index (χ4n) is 2.01. The van der Waals surface area contributed by atoms with Crippen LogP contribution < -0.4 is 4.90 Å². The minimum atomic E-state index is -0.316. The van der Waals surface area contributed by atoms with Gasteiger partial charge >= 0.3 is 0 Å². The highest BCUT2D eigenvalue weighted by atomic mass is 32.2. The molecule has 0 spiro atoms. The van der Waals surface area contributed by atoms with Gasteiger partial charge in [-0.25, -0.2) is 4.39 Å². The van der Waals surface area contributed by atoms with Gasteiger partial charge in [-0.1, -0.05) is 6.07 Å². The summed E-state index contributed by atoms with van der Waals surface area (Å²) in [7, 11) is 1.86. The number of hydrogen-bond donors (Lipinski definition) is 0. The van der Waals surface area contributed by atoms with Crippen LogP contribution in [0.3, 0.4) is 0 Å². The Balaban J connectivity index is 2.33. The number of nitrogens with zero attached hydrogens (tertiary/aromatic N) is 1. The molecule has 0 N–H and O–H groups in total. The average Bonchev–Trinajstić information content (AvgIpc) is 2.81. The molecule has 1 unspecified atom stereocenters. The smallest absolute Gasteiger partial charge is 0.152 e. The normalized spacial score (nSPS) is 19.8. The summed E-state index contributed by atoms with van der Waals surface area (Å²) in [6.07, 6.45) is 1.77. The van der Waals surface area contributed by atoms with Crippen molar-refractivity contribution in [2.45, 2.75) is 12.5 Å². The summed E-state index contributed by atoms with van der Waals surface area (Å²) in [5.41, 5.74) is 0.865.